The molecule has 0 atom stereocenters. The Hall–Kier alpha value is -3.59. The Morgan fingerprint density at radius 1 is 1.19 bits per heavy atom. The van der Waals surface area contributed by atoms with E-state index in [2.05, 4.69) is 15.4 Å². The van der Waals surface area contributed by atoms with Gasteiger partial charge in [-0.15, -0.1) is 11.3 Å². The fourth-order valence-corrected chi connectivity index (χ4v) is 4.05. The first kappa shape index (κ1) is 20.7. The van der Waals surface area contributed by atoms with Gasteiger partial charge in [0.25, 0.3) is 5.91 Å². The van der Waals surface area contributed by atoms with Gasteiger partial charge in [0.15, 0.2) is 18.1 Å². The molecule has 3 aromatic rings. The van der Waals surface area contributed by atoms with Crippen LogP contribution >= 0.6 is 11.3 Å². The summed E-state index contributed by atoms with van der Waals surface area (Å²) in [6, 6.07) is 11.3. The maximum Gasteiger partial charge on any atom is 0.262 e. The van der Waals surface area contributed by atoms with E-state index in [1.807, 2.05) is 48.7 Å². The van der Waals surface area contributed by atoms with Crippen LogP contribution in [0, 0.1) is 0 Å². The molecule has 0 saturated heterocycles. The van der Waals surface area contributed by atoms with Crippen LogP contribution in [-0.2, 0) is 4.79 Å². The van der Waals surface area contributed by atoms with E-state index < -0.39 is 0 Å². The Morgan fingerprint density at radius 2 is 2.03 bits per heavy atom. The van der Waals surface area contributed by atoms with E-state index in [9.17, 15) is 4.79 Å². The van der Waals surface area contributed by atoms with Crippen LogP contribution in [0.2, 0.25) is 0 Å². The van der Waals surface area contributed by atoms with E-state index in [0.29, 0.717) is 29.5 Å². The third-order valence-corrected chi connectivity index (χ3v) is 5.47. The molecule has 2 aromatic carbocycles. The summed E-state index contributed by atoms with van der Waals surface area (Å²) in [6.45, 7) is 2.65. The number of hydrogen-bond acceptors (Lipinski definition) is 7. The minimum absolute atomic E-state index is 0.0277. The minimum atomic E-state index is -0.170. The minimum Gasteiger partial charge on any atom is -0.493 e. The zero-order valence-electron chi connectivity index (χ0n) is 17.4. The van der Waals surface area contributed by atoms with Crippen molar-refractivity contribution >= 4 is 29.1 Å². The normalized spacial score (nSPS) is 13.6. The summed E-state index contributed by atoms with van der Waals surface area (Å²) in [5.74, 6) is 1.77. The molecule has 0 fully saturated rings. The molecule has 0 saturated carbocycles. The van der Waals surface area contributed by atoms with Gasteiger partial charge in [-0.1, -0.05) is 0 Å². The van der Waals surface area contributed by atoms with Gasteiger partial charge in [-0.05, 0) is 48.9 Å². The number of nitrogens with one attached hydrogen (secondary N) is 1. The predicted molar refractivity (Wildman–Crippen MR) is 121 cm³/mol. The number of fused-ring (bicyclic) bond motifs is 1. The van der Waals surface area contributed by atoms with Crippen molar-refractivity contribution in [3.63, 3.8) is 0 Å². The number of rotatable bonds is 6. The topological polar surface area (TPSA) is 86.4 Å². The number of hydrogen-bond donors (Lipinski definition) is 1. The lowest BCUT2D eigenvalue weighted by Gasteiger charge is -2.18. The lowest BCUT2D eigenvalue weighted by Crippen LogP contribution is -2.25. The van der Waals surface area contributed by atoms with E-state index >= 15 is 0 Å². The highest BCUT2D eigenvalue weighted by Gasteiger charge is 2.17. The molecular formula is C22H22N4O4S. The molecule has 4 rings (SSSR count). The van der Waals surface area contributed by atoms with Crippen LogP contribution < -0.4 is 24.3 Å². The Balaban J connectivity index is 1.74. The van der Waals surface area contributed by atoms with Crippen molar-refractivity contribution in [2.24, 2.45) is 10.1 Å². The van der Waals surface area contributed by atoms with Crippen LogP contribution in [0.25, 0.3) is 11.3 Å². The zero-order chi connectivity index (χ0) is 21.8. The van der Waals surface area contributed by atoms with Gasteiger partial charge in [0.05, 0.1) is 31.8 Å². The first-order valence-corrected chi connectivity index (χ1v) is 10.6. The van der Waals surface area contributed by atoms with Gasteiger partial charge in [-0.2, -0.15) is 5.10 Å². The molecule has 1 aliphatic heterocycles. The number of thiazole rings is 1. The summed E-state index contributed by atoms with van der Waals surface area (Å²) in [6.07, 6.45) is 1.75. The van der Waals surface area contributed by atoms with Gasteiger partial charge in [0.2, 0.25) is 4.80 Å². The average molecular weight is 439 g/mol. The molecule has 160 valence electrons. The molecule has 1 aromatic heterocycles. The highest BCUT2D eigenvalue weighted by atomic mass is 32.1. The van der Waals surface area contributed by atoms with Crippen LogP contribution in [0.3, 0.4) is 0 Å². The molecule has 0 aliphatic carbocycles. The standard InChI is InChI=1S/C22H22N4O4S/c1-4-23-22-26(24-11-14-5-7-19(28-2)20(9-14)29-3)17(13-31-22)15-6-8-18-16(10-15)25-21(27)12-30-18/h5-11,13H,4,12H2,1-3H3,(H,25,27). The third-order valence-electron chi connectivity index (χ3n) is 4.62. The lowest BCUT2D eigenvalue weighted by molar-refractivity contribution is -0.118. The van der Waals surface area contributed by atoms with Gasteiger partial charge in [0.1, 0.15) is 5.75 Å². The number of methoxy groups -OCH3 is 2. The van der Waals surface area contributed by atoms with Crippen molar-refractivity contribution in [3.8, 4) is 28.5 Å². The highest BCUT2D eigenvalue weighted by Crippen LogP contribution is 2.33. The Bertz CT molecular complexity index is 1210. The van der Waals surface area contributed by atoms with E-state index in [1.165, 1.54) is 11.3 Å². The number of ether oxygens (including phenoxy) is 3. The van der Waals surface area contributed by atoms with Crippen molar-refractivity contribution in [2.45, 2.75) is 6.92 Å². The molecule has 1 amide bonds. The van der Waals surface area contributed by atoms with Crippen molar-refractivity contribution < 1.29 is 19.0 Å². The number of carbonyl (C=O) groups excluding carboxylic acids is 1. The number of aromatic nitrogens is 1. The predicted octanol–water partition coefficient (Wildman–Crippen LogP) is 3.37. The summed E-state index contributed by atoms with van der Waals surface area (Å²) < 4.78 is 17.9. The van der Waals surface area contributed by atoms with Crippen LogP contribution in [-0.4, -0.2) is 44.2 Å². The number of benzene rings is 2. The van der Waals surface area contributed by atoms with Crippen LogP contribution in [0.1, 0.15) is 12.5 Å². The molecule has 2 heterocycles. The summed E-state index contributed by atoms with van der Waals surface area (Å²) in [5.41, 5.74) is 3.25. The Morgan fingerprint density at radius 3 is 2.81 bits per heavy atom. The molecule has 1 N–H and O–H groups in total. The fraction of sp³-hybridized carbons (Fsp3) is 0.227. The van der Waals surface area contributed by atoms with E-state index in [1.54, 1.807) is 25.1 Å². The first-order chi connectivity index (χ1) is 15.1. The monoisotopic (exact) mass is 438 g/mol. The second-order valence-corrected chi connectivity index (χ2v) is 7.43. The molecule has 1 aliphatic rings. The molecule has 0 spiro atoms. The van der Waals surface area contributed by atoms with Crippen LogP contribution in [0.15, 0.2) is 51.9 Å². The third kappa shape index (κ3) is 4.31. The van der Waals surface area contributed by atoms with Crippen molar-refractivity contribution in [1.82, 2.24) is 4.68 Å². The summed E-state index contributed by atoms with van der Waals surface area (Å²) in [4.78, 5) is 17.0. The summed E-state index contributed by atoms with van der Waals surface area (Å²) >= 11 is 1.50. The van der Waals surface area contributed by atoms with Crippen molar-refractivity contribution in [2.75, 3.05) is 32.7 Å². The maximum absolute atomic E-state index is 11.7. The first-order valence-electron chi connectivity index (χ1n) is 9.67. The highest BCUT2D eigenvalue weighted by molar-refractivity contribution is 7.07. The quantitative estimate of drug-likeness (QED) is 0.598. The summed E-state index contributed by atoms with van der Waals surface area (Å²) in [5, 5.41) is 9.52. The molecule has 8 nitrogen and oxygen atoms in total. The van der Waals surface area contributed by atoms with Gasteiger partial charge in [0, 0.05) is 17.5 Å². The van der Waals surface area contributed by atoms with Crippen molar-refractivity contribution in [3.05, 3.63) is 52.1 Å². The molecule has 9 heteroatoms. The second kappa shape index (κ2) is 9.05. The Labute approximate surface area is 183 Å². The largest absolute Gasteiger partial charge is 0.493 e. The molecule has 0 unspecified atom stereocenters. The maximum atomic E-state index is 11.7. The number of amides is 1. The van der Waals surface area contributed by atoms with E-state index in [-0.39, 0.29) is 12.5 Å². The van der Waals surface area contributed by atoms with Crippen LogP contribution in [0.5, 0.6) is 17.2 Å². The summed E-state index contributed by atoms with van der Waals surface area (Å²) in [7, 11) is 3.20. The SMILES string of the molecule is CCN=c1scc(-c2ccc3c(c2)NC(=O)CO3)n1N=Cc1ccc(OC)c(OC)c1. The van der Waals surface area contributed by atoms with Gasteiger partial charge in [-0.25, -0.2) is 4.68 Å². The zero-order valence-corrected chi connectivity index (χ0v) is 18.2. The van der Waals surface area contributed by atoms with Gasteiger partial charge in [-0.3, -0.25) is 9.79 Å². The van der Waals surface area contributed by atoms with E-state index in [0.717, 1.165) is 21.6 Å². The number of carbonyl (C=O) groups is 1. The molecule has 0 radical (unpaired) electrons. The van der Waals surface area contributed by atoms with Gasteiger partial charge < -0.3 is 19.5 Å². The molecule has 0 bridgehead atoms. The van der Waals surface area contributed by atoms with Crippen LogP contribution in [0.4, 0.5) is 5.69 Å². The average Bonchev–Trinajstić information content (AvgIpc) is 3.19. The molecule has 31 heavy (non-hydrogen) atoms. The van der Waals surface area contributed by atoms with E-state index in [4.69, 9.17) is 14.2 Å². The lowest BCUT2D eigenvalue weighted by atomic mass is 10.1. The van der Waals surface area contributed by atoms with Crippen molar-refractivity contribution in [1.29, 1.82) is 0 Å². The fourth-order valence-electron chi connectivity index (χ4n) is 3.15. The Kier molecular flexibility index (Phi) is 6.03. The smallest absolute Gasteiger partial charge is 0.262 e. The number of nitrogens with zero attached hydrogens (tertiary/aromatic N) is 3. The number of anilines is 1. The molecular weight excluding hydrogens is 416 g/mol. The second-order valence-electron chi connectivity index (χ2n) is 6.60. The van der Waals surface area contributed by atoms with Gasteiger partial charge >= 0.3 is 0 Å².